The first kappa shape index (κ1) is 10.1. The van der Waals surface area contributed by atoms with E-state index in [-0.39, 0.29) is 5.82 Å². The standard InChI is InChI=1S/C11H9FN2S/c12-9-4-2-1-3-8(9)10-5-6-13-11(7-15)14-10/h1-6,15H,7H2. The van der Waals surface area contributed by atoms with Crippen LogP contribution < -0.4 is 0 Å². The second kappa shape index (κ2) is 4.40. The Morgan fingerprint density at radius 3 is 2.73 bits per heavy atom. The predicted molar refractivity (Wildman–Crippen MR) is 60.1 cm³/mol. The molecule has 0 unspecified atom stereocenters. The first-order valence-corrected chi connectivity index (χ1v) is 5.12. The third-order valence-electron chi connectivity index (χ3n) is 2.00. The molecule has 2 nitrogen and oxygen atoms in total. The summed E-state index contributed by atoms with van der Waals surface area (Å²) in [4.78, 5) is 8.20. The van der Waals surface area contributed by atoms with Gasteiger partial charge in [-0.05, 0) is 18.2 Å². The first-order chi connectivity index (χ1) is 7.31. The summed E-state index contributed by atoms with van der Waals surface area (Å²) in [6, 6.07) is 8.23. The van der Waals surface area contributed by atoms with Gasteiger partial charge >= 0.3 is 0 Å². The number of rotatable bonds is 2. The van der Waals surface area contributed by atoms with Crippen molar-refractivity contribution in [1.82, 2.24) is 9.97 Å². The molecule has 0 saturated carbocycles. The summed E-state index contributed by atoms with van der Waals surface area (Å²) in [7, 11) is 0. The van der Waals surface area contributed by atoms with E-state index >= 15 is 0 Å². The highest BCUT2D eigenvalue weighted by Gasteiger charge is 2.05. The fraction of sp³-hybridized carbons (Fsp3) is 0.0909. The van der Waals surface area contributed by atoms with Gasteiger partial charge in [-0.2, -0.15) is 12.6 Å². The van der Waals surface area contributed by atoms with Gasteiger partial charge in [-0.25, -0.2) is 14.4 Å². The number of hydrogen-bond acceptors (Lipinski definition) is 3. The summed E-state index contributed by atoms with van der Waals surface area (Å²) < 4.78 is 13.4. The molecule has 2 rings (SSSR count). The van der Waals surface area contributed by atoms with Gasteiger partial charge in [-0.1, -0.05) is 12.1 Å². The molecule has 15 heavy (non-hydrogen) atoms. The molecule has 0 aliphatic heterocycles. The van der Waals surface area contributed by atoms with Gasteiger partial charge in [0.1, 0.15) is 11.6 Å². The van der Waals surface area contributed by atoms with Crippen LogP contribution in [0.4, 0.5) is 4.39 Å². The molecule has 0 spiro atoms. The lowest BCUT2D eigenvalue weighted by molar-refractivity contribution is 0.630. The van der Waals surface area contributed by atoms with Gasteiger partial charge in [0.15, 0.2) is 0 Å². The first-order valence-electron chi connectivity index (χ1n) is 4.49. The Kier molecular flexibility index (Phi) is 2.97. The third kappa shape index (κ3) is 2.15. The summed E-state index contributed by atoms with van der Waals surface area (Å²) in [5, 5.41) is 0. The lowest BCUT2D eigenvalue weighted by Gasteiger charge is -2.02. The van der Waals surface area contributed by atoms with Crippen LogP contribution in [0, 0.1) is 5.82 Å². The highest BCUT2D eigenvalue weighted by atomic mass is 32.1. The van der Waals surface area contributed by atoms with Crippen molar-refractivity contribution in [2.45, 2.75) is 5.75 Å². The van der Waals surface area contributed by atoms with Crippen LogP contribution in [0.15, 0.2) is 36.5 Å². The average Bonchev–Trinajstić information content (AvgIpc) is 2.30. The molecule has 0 saturated heterocycles. The van der Waals surface area contributed by atoms with Crippen LogP contribution in [0.5, 0.6) is 0 Å². The zero-order chi connectivity index (χ0) is 10.7. The van der Waals surface area contributed by atoms with E-state index < -0.39 is 0 Å². The van der Waals surface area contributed by atoms with Crippen LogP contribution in [-0.4, -0.2) is 9.97 Å². The molecule has 1 aromatic heterocycles. The summed E-state index contributed by atoms with van der Waals surface area (Å²) in [6.45, 7) is 0. The van der Waals surface area contributed by atoms with Crippen molar-refractivity contribution in [1.29, 1.82) is 0 Å². The second-order valence-electron chi connectivity index (χ2n) is 3.00. The van der Waals surface area contributed by atoms with Crippen LogP contribution in [0.25, 0.3) is 11.3 Å². The van der Waals surface area contributed by atoms with E-state index in [1.165, 1.54) is 6.07 Å². The number of hydrogen-bond donors (Lipinski definition) is 1. The van der Waals surface area contributed by atoms with E-state index in [2.05, 4.69) is 22.6 Å². The Hall–Kier alpha value is -1.42. The lowest BCUT2D eigenvalue weighted by atomic mass is 10.1. The van der Waals surface area contributed by atoms with Crippen molar-refractivity contribution in [2.24, 2.45) is 0 Å². The molecular formula is C11H9FN2S. The lowest BCUT2D eigenvalue weighted by Crippen LogP contribution is -1.94. The van der Waals surface area contributed by atoms with Gasteiger partial charge in [0.25, 0.3) is 0 Å². The SMILES string of the molecule is Fc1ccccc1-c1ccnc(CS)n1. The smallest absolute Gasteiger partial charge is 0.138 e. The maximum absolute atomic E-state index is 13.4. The molecule has 0 N–H and O–H groups in total. The van der Waals surface area contributed by atoms with Crippen LogP contribution in [0.1, 0.15) is 5.82 Å². The molecule has 0 radical (unpaired) electrons. The highest BCUT2D eigenvalue weighted by Crippen LogP contribution is 2.19. The van der Waals surface area contributed by atoms with Crippen molar-refractivity contribution in [3.05, 3.63) is 48.2 Å². The topological polar surface area (TPSA) is 25.8 Å². The zero-order valence-corrected chi connectivity index (χ0v) is 8.79. The van der Waals surface area contributed by atoms with E-state index in [1.54, 1.807) is 30.5 Å². The monoisotopic (exact) mass is 220 g/mol. The molecule has 1 aromatic carbocycles. The molecule has 76 valence electrons. The van der Waals surface area contributed by atoms with Crippen molar-refractivity contribution in [3.63, 3.8) is 0 Å². The number of aromatic nitrogens is 2. The molecular weight excluding hydrogens is 211 g/mol. The molecule has 0 bridgehead atoms. The molecule has 2 aromatic rings. The molecule has 0 fully saturated rings. The highest BCUT2D eigenvalue weighted by molar-refractivity contribution is 7.79. The number of thiol groups is 1. The largest absolute Gasteiger partial charge is 0.240 e. The molecule has 4 heteroatoms. The second-order valence-corrected chi connectivity index (χ2v) is 3.31. The number of halogens is 1. The van der Waals surface area contributed by atoms with Gasteiger partial charge in [-0.3, -0.25) is 0 Å². The Bertz CT molecular complexity index is 474. The van der Waals surface area contributed by atoms with Gasteiger partial charge in [0.05, 0.1) is 11.4 Å². The Labute approximate surface area is 92.6 Å². The summed E-state index contributed by atoms with van der Waals surface area (Å²) in [5.41, 5.74) is 1.08. The van der Waals surface area contributed by atoms with Gasteiger partial charge < -0.3 is 0 Å². The summed E-state index contributed by atoms with van der Waals surface area (Å²) >= 11 is 4.08. The van der Waals surface area contributed by atoms with Crippen molar-refractivity contribution < 1.29 is 4.39 Å². The molecule has 0 aliphatic carbocycles. The maximum Gasteiger partial charge on any atom is 0.138 e. The van der Waals surface area contributed by atoms with Crippen molar-refractivity contribution in [2.75, 3.05) is 0 Å². The third-order valence-corrected chi connectivity index (χ3v) is 2.28. The number of nitrogens with zero attached hydrogens (tertiary/aromatic N) is 2. The van der Waals surface area contributed by atoms with E-state index in [9.17, 15) is 4.39 Å². The van der Waals surface area contributed by atoms with Crippen LogP contribution in [-0.2, 0) is 5.75 Å². The minimum absolute atomic E-state index is 0.277. The van der Waals surface area contributed by atoms with Crippen molar-refractivity contribution >= 4 is 12.6 Å². The summed E-state index contributed by atoms with van der Waals surface area (Å²) in [6.07, 6.45) is 1.61. The Balaban J connectivity index is 2.49. The van der Waals surface area contributed by atoms with Crippen LogP contribution in [0.2, 0.25) is 0 Å². The molecule has 1 heterocycles. The zero-order valence-electron chi connectivity index (χ0n) is 7.89. The van der Waals surface area contributed by atoms with Crippen LogP contribution in [0.3, 0.4) is 0 Å². The summed E-state index contributed by atoms with van der Waals surface area (Å²) in [5.74, 6) is 0.767. The Morgan fingerprint density at radius 2 is 2.00 bits per heavy atom. The number of benzene rings is 1. The van der Waals surface area contributed by atoms with Gasteiger partial charge in [0.2, 0.25) is 0 Å². The quantitative estimate of drug-likeness (QED) is 0.787. The Morgan fingerprint density at radius 1 is 1.20 bits per heavy atom. The maximum atomic E-state index is 13.4. The minimum atomic E-state index is -0.277. The molecule has 0 amide bonds. The van der Waals surface area contributed by atoms with E-state index in [1.807, 2.05) is 0 Å². The van der Waals surface area contributed by atoms with E-state index in [0.717, 1.165) is 0 Å². The molecule has 0 atom stereocenters. The predicted octanol–water partition coefficient (Wildman–Crippen LogP) is 2.71. The average molecular weight is 220 g/mol. The van der Waals surface area contributed by atoms with Gasteiger partial charge in [0, 0.05) is 11.8 Å². The van der Waals surface area contributed by atoms with E-state index in [4.69, 9.17) is 0 Å². The molecule has 0 aliphatic rings. The van der Waals surface area contributed by atoms with E-state index in [0.29, 0.717) is 22.8 Å². The normalized spacial score (nSPS) is 10.3. The van der Waals surface area contributed by atoms with Gasteiger partial charge in [-0.15, -0.1) is 0 Å². The fourth-order valence-corrected chi connectivity index (χ4v) is 1.45. The van der Waals surface area contributed by atoms with Crippen LogP contribution >= 0.6 is 12.6 Å². The fourth-order valence-electron chi connectivity index (χ4n) is 1.29. The van der Waals surface area contributed by atoms with Crippen molar-refractivity contribution in [3.8, 4) is 11.3 Å². The minimum Gasteiger partial charge on any atom is -0.240 e.